The minimum absolute atomic E-state index is 0.0545. The first-order valence-corrected chi connectivity index (χ1v) is 9.31. The van der Waals surface area contributed by atoms with E-state index in [1.165, 1.54) is 18.0 Å². The molecular weight excluding hydrogens is 362 g/mol. The van der Waals surface area contributed by atoms with Crippen molar-refractivity contribution in [3.8, 4) is 0 Å². The Morgan fingerprint density at radius 1 is 1.32 bits per heavy atom. The van der Waals surface area contributed by atoms with E-state index < -0.39 is 12.1 Å². The maximum absolute atomic E-state index is 12.5. The molecule has 0 spiro atoms. The van der Waals surface area contributed by atoms with E-state index in [0.717, 1.165) is 12.8 Å². The summed E-state index contributed by atoms with van der Waals surface area (Å²) in [6.45, 7) is 0. The van der Waals surface area contributed by atoms with Gasteiger partial charge in [-0.2, -0.15) is 0 Å². The first kappa shape index (κ1) is 17.7. The molecular formula is C17H16ClN3O3S. The van der Waals surface area contributed by atoms with E-state index in [0.29, 0.717) is 10.7 Å². The average Bonchev–Trinajstić information content (AvgIpc) is 3.44. The second-order valence-corrected chi connectivity index (χ2v) is 6.71. The van der Waals surface area contributed by atoms with Crippen molar-refractivity contribution in [1.82, 2.24) is 15.3 Å². The van der Waals surface area contributed by atoms with Gasteiger partial charge in [0.15, 0.2) is 10.9 Å². The first-order valence-electron chi connectivity index (χ1n) is 7.71. The summed E-state index contributed by atoms with van der Waals surface area (Å²) in [6.07, 6.45) is 3.96. The molecule has 1 aromatic carbocycles. The molecule has 2 aromatic rings. The van der Waals surface area contributed by atoms with Gasteiger partial charge in [0.1, 0.15) is 0 Å². The summed E-state index contributed by atoms with van der Waals surface area (Å²) in [7, 11) is 0. The second-order valence-electron chi connectivity index (χ2n) is 5.53. The Morgan fingerprint density at radius 3 is 2.68 bits per heavy atom. The highest BCUT2D eigenvalue weighted by Crippen LogP contribution is 2.25. The van der Waals surface area contributed by atoms with E-state index in [-0.39, 0.29) is 22.7 Å². The number of aromatic nitrogens is 2. The van der Waals surface area contributed by atoms with Gasteiger partial charge in [0.25, 0.3) is 5.91 Å². The van der Waals surface area contributed by atoms with Crippen LogP contribution in [0.2, 0.25) is 5.02 Å². The highest BCUT2D eigenvalue weighted by Gasteiger charge is 2.31. The zero-order valence-electron chi connectivity index (χ0n) is 13.4. The smallest absolute Gasteiger partial charge is 0.359 e. The second kappa shape index (κ2) is 7.84. The molecule has 1 aromatic heterocycles. The van der Waals surface area contributed by atoms with E-state index in [1.54, 1.807) is 30.5 Å². The van der Waals surface area contributed by atoms with Crippen molar-refractivity contribution in [2.75, 3.05) is 6.26 Å². The number of hydrogen-bond donors (Lipinski definition) is 1. The van der Waals surface area contributed by atoms with Crippen LogP contribution in [-0.2, 0) is 9.53 Å². The van der Waals surface area contributed by atoms with Gasteiger partial charge < -0.3 is 10.1 Å². The van der Waals surface area contributed by atoms with Gasteiger partial charge in [-0.15, -0.1) is 0 Å². The molecule has 8 heteroatoms. The molecule has 1 N–H and O–H groups in total. The number of ether oxygens (including phenoxy) is 1. The van der Waals surface area contributed by atoms with Crippen LogP contribution >= 0.6 is 23.4 Å². The van der Waals surface area contributed by atoms with Crippen molar-refractivity contribution >= 4 is 35.2 Å². The Labute approximate surface area is 154 Å². The lowest BCUT2D eigenvalue weighted by Crippen LogP contribution is -2.33. The van der Waals surface area contributed by atoms with Gasteiger partial charge in [0.2, 0.25) is 6.10 Å². The van der Waals surface area contributed by atoms with Crippen LogP contribution in [0.4, 0.5) is 0 Å². The van der Waals surface area contributed by atoms with Crippen LogP contribution < -0.4 is 5.32 Å². The highest BCUT2D eigenvalue weighted by atomic mass is 35.5. The molecule has 25 heavy (non-hydrogen) atoms. The first-order chi connectivity index (χ1) is 12.1. The van der Waals surface area contributed by atoms with Gasteiger partial charge in [0.05, 0.1) is 11.2 Å². The fraction of sp³-hybridized carbons (Fsp3) is 0.294. The largest absolute Gasteiger partial charge is 0.443 e. The van der Waals surface area contributed by atoms with Crippen LogP contribution in [0.3, 0.4) is 0 Å². The molecule has 0 unspecified atom stereocenters. The van der Waals surface area contributed by atoms with Crippen molar-refractivity contribution in [2.45, 2.75) is 30.1 Å². The van der Waals surface area contributed by atoms with E-state index >= 15 is 0 Å². The Kier molecular flexibility index (Phi) is 5.55. The van der Waals surface area contributed by atoms with E-state index in [4.69, 9.17) is 16.3 Å². The molecule has 0 radical (unpaired) electrons. The predicted octanol–water partition coefficient (Wildman–Crippen LogP) is 3.03. The van der Waals surface area contributed by atoms with Gasteiger partial charge in [-0.05, 0) is 19.1 Å². The van der Waals surface area contributed by atoms with Gasteiger partial charge in [-0.3, -0.25) is 4.79 Å². The van der Waals surface area contributed by atoms with E-state index in [2.05, 4.69) is 15.3 Å². The number of nitrogens with one attached hydrogen (secondary N) is 1. The van der Waals surface area contributed by atoms with Crippen LogP contribution in [0.15, 0.2) is 41.7 Å². The zero-order chi connectivity index (χ0) is 17.8. The van der Waals surface area contributed by atoms with Crippen molar-refractivity contribution in [3.63, 3.8) is 0 Å². The Bertz CT molecular complexity index is 784. The average molecular weight is 378 g/mol. The summed E-state index contributed by atoms with van der Waals surface area (Å²) >= 11 is 7.30. The molecule has 1 aliphatic rings. The number of esters is 1. The Balaban J connectivity index is 1.84. The number of benzene rings is 1. The van der Waals surface area contributed by atoms with Crippen LogP contribution in [-0.4, -0.2) is 34.1 Å². The third kappa shape index (κ3) is 4.49. The molecule has 1 aliphatic carbocycles. The number of amides is 1. The molecule has 1 amide bonds. The summed E-state index contributed by atoms with van der Waals surface area (Å²) < 4.78 is 5.46. The predicted molar refractivity (Wildman–Crippen MR) is 94.6 cm³/mol. The Morgan fingerprint density at radius 2 is 2.04 bits per heavy atom. The molecule has 1 saturated carbocycles. The third-order valence-corrected chi connectivity index (χ3v) is 4.43. The quantitative estimate of drug-likeness (QED) is 0.473. The minimum Gasteiger partial charge on any atom is -0.443 e. The molecule has 1 atom stereocenters. The molecule has 1 fully saturated rings. The lowest BCUT2D eigenvalue weighted by molar-refractivity contribution is -0.130. The molecule has 130 valence electrons. The number of thioether (sulfide) groups is 1. The summed E-state index contributed by atoms with van der Waals surface area (Å²) in [5, 5.41) is 3.34. The van der Waals surface area contributed by atoms with Crippen LogP contribution in [0, 0.1) is 0 Å². The number of rotatable bonds is 6. The molecule has 6 nitrogen and oxygen atoms in total. The van der Waals surface area contributed by atoms with Crippen LogP contribution in [0.25, 0.3) is 0 Å². The normalized spacial score (nSPS) is 14.6. The number of nitrogens with zero attached hydrogens (tertiary/aromatic N) is 2. The maximum Gasteiger partial charge on any atom is 0.359 e. The van der Waals surface area contributed by atoms with Gasteiger partial charge >= 0.3 is 5.97 Å². The van der Waals surface area contributed by atoms with Crippen molar-refractivity contribution < 1.29 is 14.3 Å². The topological polar surface area (TPSA) is 81.2 Å². The summed E-state index contributed by atoms with van der Waals surface area (Å²) in [4.78, 5) is 33.1. The van der Waals surface area contributed by atoms with Gasteiger partial charge in [-0.1, -0.05) is 53.7 Å². The van der Waals surface area contributed by atoms with E-state index in [9.17, 15) is 9.59 Å². The standard InChI is InChI=1S/C17H16ClN3O3S/c1-25-17-19-9-12(18)13(21-17)16(23)24-14(10-5-3-2-4-6-10)15(22)20-11-7-8-11/h2-6,9,11,14H,7-8H2,1H3,(H,20,22)/t14-/m0/s1. The SMILES string of the molecule is CSc1ncc(Cl)c(C(=O)O[C@H](C(=O)NC2CC2)c2ccccc2)n1. The molecule has 0 bridgehead atoms. The number of halogens is 1. The maximum atomic E-state index is 12.5. The molecule has 1 heterocycles. The lowest BCUT2D eigenvalue weighted by Gasteiger charge is -2.18. The number of hydrogen-bond acceptors (Lipinski definition) is 6. The van der Waals surface area contributed by atoms with Gasteiger partial charge in [0, 0.05) is 11.6 Å². The van der Waals surface area contributed by atoms with Crippen molar-refractivity contribution in [1.29, 1.82) is 0 Å². The molecule has 0 saturated heterocycles. The summed E-state index contributed by atoms with van der Waals surface area (Å²) in [5.41, 5.74) is 0.533. The van der Waals surface area contributed by atoms with E-state index in [1.807, 2.05) is 6.07 Å². The monoisotopic (exact) mass is 377 g/mol. The number of carbonyl (C=O) groups is 2. The fourth-order valence-electron chi connectivity index (χ4n) is 2.16. The number of carbonyl (C=O) groups excluding carboxylic acids is 2. The molecule has 3 rings (SSSR count). The third-order valence-electron chi connectivity index (χ3n) is 3.59. The van der Waals surface area contributed by atoms with Crippen LogP contribution in [0.5, 0.6) is 0 Å². The zero-order valence-corrected chi connectivity index (χ0v) is 15.0. The Hall–Kier alpha value is -2.12. The fourth-order valence-corrected chi connectivity index (χ4v) is 2.67. The van der Waals surface area contributed by atoms with Crippen molar-refractivity contribution in [2.24, 2.45) is 0 Å². The van der Waals surface area contributed by atoms with Crippen LogP contribution in [0.1, 0.15) is 35.0 Å². The lowest BCUT2D eigenvalue weighted by atomic mass is 10.1. The van der Waals surface area contributed by atoms with Gasteiger partial charge in [-0.25, -0.2) is 14.8 Å². The van der Waals surface area contributed by atoms with Crippen molar-refractivity contribution in [3.05, 3.63) is 52.8 Å². The molecule has 0 aliphatic heterocycles. The summed E-state index contributed by atoms with van der Waals surface area (Å²) in [6, 6.07) is 9.02. The minimum atomic E-state index is -1.06. The highest BCUT2D eigenvalue weighted by molar-refractivity contribution is 7.98. The summed E-state index contributed by atoms with van der Waals surface area (Å²) in [5.74, 6) is -1.11.